The molecular weight excluding hydrogens is 440 g/mol. The quantitative estimate of drug-likeness (QED) is 0.490. The topological polar surface area (TPSA) is 104 Å². The number of rotatable bonds is 7. The van der Waals surface area contributed by atoms with E-state index in [1.54, 1.807) is 26.0 Å². The van der Waals surface area contributed by atoms with Crippen LogP contribution in [0.4, 0.5) is 0 Å². The van der Waals surface area contributed by atoms with E-state index in [-0.39, 0.29) is 36.0 Å². The zero-order valence-corrected chi connectivity index (χ0v) is 18.0. The zero-order chi connectivity index (χ0) is 21.6. The van der Waals surface area contributed by atoms with Crippen molar-refractivity contribution in [3.8, 4) is 29.9 Å². The van der Waals surface area contributed by atoms with Crippen LogP contribution in [-0.4, -0.2) is 25.8 Å². The number of allylic oxidation sites excluding steroid dienone is 2. The van der Waals surface area contributed by atoms with Crippen molar-refractivity contribution in [1.29, 1.82) is 5.26 Å². The lowest BCUT2D eigenvalue weighted by Crippen LogP contribution is -2.25. The number of hydrogen-bond donors (Lipinski definition) is 1. The Bertz CT molecular complexity index is 953. The number of carbonyl (C=O) groups excluding carboxylic acids is 1. The molecule has 0 spiro atoms. The van der Waals surface area contributed by atoms with E-state index in [0.29, 0.717) is 28.1 Å². The van der Waals surface area contributed by atoms with Crippen molar-refractivity contribution in [3.05, 3.63) is 45.0 Å². The molecule has 0 aliphatic carbocycles. The van der Waals surface area contributed by atoms with E-state index in [4.69, 9.17) is 31.1 Å². The van der Waals surface area contributed by atoms with E-state index in [1.807, 2.05) is 13.0 Å². The summed E-state index contributed by atoms with van der Waals surface area (Å²) in [5.74, 6) is 2.07. The third kappa shape index (κ3) is 4.67. The molecule has 0 radical (unpaired) electrons. The second-order valence-corrected chi connectivity index (χ2v) is 6.73. The summed E-state index contributed by atoms with van der Waals surface area (Å²) in [6, 6.07) is 5.45. The summed E-state index contributed by atoms with van der Waals surface area (Å²) in [4.78, 5) is 12.6. The molecule has 2 rings (SSSR count). The average molecular weight is 461 g/mol. The normalized spacial score (nSPS) is 15.9. The highest BCUT2D eigenvalue weighted by atomic mass is 79.9. The molecule has 1 aliphatic rings. The molecule has 152 valence electrons. The standard InChI is InChI=1S/C21H21BrN2O5/c1-5-8-28-19-15(22)9-13(10-16(19)26-6-2)18-14(11-23)20(24)29-12(4)17(18)21(25)27-7-3/h1,9-10,18H,6-8,24H2,2-4H3. The van der Waals surface area contributed by atoms with Gasteiger partial charge in [0, 0.05) is 0 Å². The first kappa shape index (κ1) is 22.2. The number of nitrogens with two attached hydrogens (primary N) is 1. The van der Waals surface area contributed by atoms with Crippen LogP contribution in [0.5, 0.6) is 11.5 Å². The van der Waals surface area contributed by atoms with E-state index >= 15 is 0 Å². The van der Waals surface area contributed by atoms with Gasteiger partial charge in [-0.25, -0.2) is 4.79 Å². The van der Waals surface area contributed by atoms with Gasteiger partial charge in [0.25, 0.3) is 0 Å². The Morgan fingerprint density at radius 1 is 1.34 bits per heavy atom. The molecule has 1 aliphatic heterocycles. The highest BCUT2D eigenvalue weighted by Crippen LogP contribution is 2.45. The maximum Gasteiger partial charge on any atom is 0.338 e. The second-order valence-electron chi connectivity index (χ2n) is 5.87. The number of nitrogens with zero attached hydrogens (tertiary/aromatic N) is 1. The molecule has 2 N–H and O–H groups in total. The Labute approximate surface area is 178 Å². The summed E-state index contributed by atoms with van der Waals surface area (Å²) in [5.41, 5.74) is 6.82. The fourth-order valence-electron chi connectivity index (χ4n) is 2.96. The summed E-state index contributed by atoms with van der Waals surface area (Å²) in [7, 11) is 0. The molecule has 0 amide bonds. The first-order chi connectivity index (χ1) is 13.9. The van der Waals surface area contributed by atoms with E-state index in [9.17, 15) is 10.1 Å². The van der Waals surface area contributed by atoms with Crippen molar-refractivity contribution >= 4 is 21.9 Å². The maximum atomic E-state index is 12.6. The van der Waals surface area contributed by atoms with Crippen LogP contribution in [-0.2, 0) is 14.3 Å². The van der Waals surface area contributed by atoms with E-state index in [0.717, 1.165) is 0 Å². The second kappa shape index (κ2) is 9.90. The van der Waals surface area contributed by atoms with Gasteiger partial charge < -0.3 is 24.7 Å². The van der Waals surface area contributed by atoms with Crippen LogP contribution >= 0.6 is 15.9 Å². The van der Waals surface area contributed by atoms with Crippen LogP contribution < -0.4 is 15.2 Å². The number of ether oxygens (including phenoxy) is 4. The van der Waals surface area contributed by atoms with Gasteiger partial charge in [0.2, 0.25) is 5.88 Å². The van der Waals surface area contributed by atoms with E-state index < -0.39 is 11.9 Å². The van der Waals surface area contributed by atoms with E-state index in [2.05, 4.69) is 21.9 Å². The molecular formula is C21H21BrN2O5. The number of carbonyl (C=O) groups is 1. The first-order valence-electron chi connectivity index (χ1n) is 8.87. The molecule has 0 saturated heterocycles. The number of terminal acetylenes is 1. The zero-order valence-electron chi connectivity index (χ0n) is 16.4. The third-order valence-electron chi connectivity index (χ3n) is 4.07. The van der Waals surface area contributed by atoms with Gasteiger partial charge in [0.05, 0.1) is 29.2 Å². The lowest BCUT2D eigenvalue weighted by molar-refractivity contribution is -0.139. The minimum atomic E-state index is -0.787. The predicted molar refractivity (Wildman–Crippen MR) is 110 cm³/mol. The Kier molecular flexibility index (Phi) is 7.58. The van der Waals surface area contributed by atoms with Crippen molar-refractivity contribution in [2.24, 2.45) is 5.73 Å². The SMILES string of the molecule is C#CCOc1c(Br)cc(C2C(C#N)=C(N)OC(C)=C2C(=O)OCC)cc1OCC. The molecule has 0 fully saturated rings. The van der Waals surface area contributed by atoms with Crippen molar-refractivity contribution in [1.82, 2.24) is 0 Å². The minimum absolute atomic E-state index is 0.0542. The number of nitriles is 1. The third-order valence-corrected chi connectivity index (χ3v) is 4.65. The summed E-state index contributed by atoms with van der Waals surface area (Å²) < 4.78 is 22.4. The van der Waals surface area contributed by atoms with Crippen molar-refractivity contribution in [2.75, 3.05) is 19.8 Å². The van der Waals surface area contributed by atoms with Crippen molar-refractivity contribution in [2.45, 2.75) is 26.7 Å². The van der Waals surface area contributed by atoms with Gasteiger partial charge in [-0.1, -0.05) is 5.92 Å². The lowest BCUT2D eigenvalue weighted by Gasteiger charge is -2.27. The molecule has 8 heteroatoms. The first-order valence-corrected chi connectivity index (χ1v) is 9.66. The summed E-state index contributed by atoms with van der Waals surface area (Å²) >= 11 is 3.46. The minimum Gasteiger partial charge on any atom is -0.490 e. The predicted octanol–water partition coefficient (Wildman–Crippen LogP) is 3.50. The Morgan fingerprint density at radius 2 is 2.07 bits per heavy atom. The van der Waals surface area contributed by atoms with Gasteiger partial charge in [-0.05, 0) is 54.4 Å². The number of esters is 1. The fraction of sp³-hybridized carbons (Fsp3) is 0.333. The van der Waals surface area contributed by atoms with Gasteiger partial charge >= 0.3 is 5.97 Å². The van der Waals surface area contributed by atoms with Gasteiger partial charge in [0.1, 0.15) is 24.0 Å². The fourth-order valence-corrected chi connectivity index (χ4v) is 3.53. The molecule has 1 aromatic rings. The maximum absolute atomic E-state index is 12.6. The lowest BCUT2D eigenvalue weighted by atomic mass is 9.83. The molecule has 1 heterocycles. The van der Waals surface area contributed by atoms with Gasteiger partial charge in [-0.2, -0.15) is 5.26 Å². The number of halogens is 1. The van der Waals surface area contributed by atoms with Crippen LogP contribution in [0.3, 0.4) is 0 Å². The highest BCUT2D eigenvalue weighted by molar-refractivity contribution is 9.10. The average Bonchev–Trinajstić information content (AvgIpc) is 2.67. The van der Waals surface area contributed by atoms with Crippen molar-refractivity contribution < 1.29 is 23.7 Å². The molecule has 0 bridgehead atoms. The van der Waals surface area contributed by atoms with Crippen LogP contribution in [0.15, 0.2) is 39.4 Å². The largest absolute Gasteiger partial charge is 0.490 e. The Hall–Kier alpha value is -3.10. The van der Waals surface area contributed by atoms with Crippen molar-refractivity contribution in [3.63, 3.8) is 0 Å². The molecule has 29 heavy (non-hydrogen) atoms. The Balaban J connectivity index is 2.69. The van der Waals surface area contributed by atoms with Crippen LogP contribution in [0.2, 0.25) is 0 Å². The van der Waals surface area contributed by atoms with Crippen LogP contribution in [0, 0.1) is 23.7 Å². The Morgan fingerprint density at radius 3 is 2.66 bits per heavy atom. The summed E-state index contributed by atoms with van der Waals surface area (Å²) in [6.07, 6.45) is 5.29. The van der Waals surface area contributed by atoms with Gasteiger partial charge in [-0.15, -0.1) is 6.42 Å². The highest BCUT2D eigenvalue weighted by Gasteiger charge is 2.37. The molecule has 1 unspecified atom stereocenters. The molecule has 1 atom stereocenters. The smallest absolute Gasteiger partial charge is 0.338 e. The van der Waals surface area contributed by atoms with Crippen LogP contribution in [0.1, 0.15) is 32.3 Å². The molecule has 0 aromatic heterocycles. The van der Waals surface area contributed by atoms with E-state index in [1.165, 1.54) is 0 Å². The molecule has 0 saturated carbocycles. The molecule has 7 nitrogen and oxygen atoms in total. The monoisotopic (exact) mass is 460 g/mol. The van der Waals surface area contributed by atoms with Gasteiger partial charge in [0.15, 0.2) is 11.5 Å². The number of benzene rings is 1. The summed E-state index contributed by atoms with van der Waals surface area (Å²) in [6.45, 7) is 5.73. The molecule has 1 aromatic carbocycles. The van der Waals surface area contributed by atoms with Crippen LogP contribution in [0.25, 0.3) is 0 Å². The summed E-state index contributed by atoms with van der Waals surface area (Å²) in [5, 5.41) is 9.69. The number of hydrogen-bond acceptors (Lipinski definition) is 7. The van der Waals surface area contributed by atoms with Gasteiger partial charge in [-0.3, -0.25) is 0 Å².